The van der Waals surface area contributed by atoms with Crippen LogP contribution in [0.2, 0.25) is 0 Å². The molecule has 0 spiro atoms. The van der Waals surface area contributed by atoms with Gasteiger partial charge in [0.25, 0.3) is 0 Å². The molecule has 1 atom stereocenters. The van der Waals surface area contributed by atoms with E-state index in [0.29, 0.717) is 0 Å². The number of rotatable bonds is 6. The Morgan fingerprint density at radius 3 is 2.72 bits per heavy atom. The second-order valence-corrected chi connectivity index (χ2v) is 7.96. The number of aliphatic imine (C=N–C) groups is 1. The summed E-state index contributed by atoms with van der Waals surface area (Å²) in [5.74, 6) is 1.25. The molecule has 2 aliphatic rings. The standard InChI is InChI=1S/C22H35N5O.HI/c1-4-23-22(27-16-12-18-9-5-6-10-19(18)17-27)24-13-8-15-26-14-7-11-20(26)21(28)25(2)3;/h5-6,9-10,20H,4,7-8,11-17H2,1-3H3,(H,23,24);1H. The van der Waals surface area contributed by atoms with Gasteiger partial charge in [-0.15, -0.1) is 24.0 Å². The number of amides is 1. The summed E-state index contributed by atoms with van der Waals surface area (Å²) < 4.78 is 0. The first-order valence-electron chi connectivity index (χ1n) is 10.7. The molecule has 0 saturated carbocycles. The first-order chi connectivity index (χ1) is 13.6. The summed E-state index contributed by atoms with van der Waals surface area (Å²) in [7, 11) is 3.70. The van der Waals surface area contributed by atoms with E-state index in [1.54, 1.807) is 4.90 Å². The van der Waals surface area contributed by atoms with Crippen LogP contribution in [0.15, 0.2) is 29.3 Å². The minimum absolute atomic E-state index is 0. The van der Waals surface area contributed by atoms with E-state index in [9.17, 15) is 4.79 Å². The Morgan fingerprint density at radius 1 is 1.24 bits per heavy atom. The molecule has 1 amide bonds. The number of carbonyl (C=O) groups is 1. The molecule has 2 heterocycles. The highest BCUT2D eigenvalue weighted by Gasteiger charge is 2.31. The second kappa shape index (κ2) is 11.7. The van der Waals surface area contributed by atoms with E-state index >= 15 is 0 Å². The highest BCUT2D eigenvalue weighted by molar-refractivity contribution is 14.0. The lowest BCUT2D eigenvalue weighted by Gasteiger charge is -2.31. The summed E-state index contributed by atoms with van der Waals surface area (Å²) in [6, 6.07) is 8.76. The maximum atomic E-state index is 12.3. The largest absolute Gasteiger partial charge is 0.357 e. The van der Waals surface area contributed by atoms with Crippen LogP contribution < -0.4 is 5.32 Å². The van der Waals surface area contributed by atoms with E-state index in [1.807, 2.05) is 14.1 Å². The number of halogens is 1. The number of likely N-dealkylation sites (tertiary alicyclic amines) is 1. The average Bonchev–Trinajstić information content (AvgIpc) is 3.17. The first-order valence-corrected chi connectivity index (χ1v) is 10.7. The predicted molar refractivity (Wildman–Crippen MR) is 130 cm³/mol. The number of hydrogen-bond acceptors (Lipinski definition) is 3. The highest BCUT2D eigenvalue weighted by atomic mass is 127. The Kier molecular flexibility index (Phi) is 9.68. The number of benzene rings is 1. The lowest BCUT2D eigenvalue weighted by atomic mass is 10.0. The molecule has 2 aliphatic heterocycles. The SMILES string of the molecule is CCNC(=NCCCN1CCCC1C(=O)N(C)C)N1CCc2ccccc2C1.I. The van der Waals surface area contributed by atoms with Crippen LogP contribution in [0.3, 0.4) is 0 Å². The maximum Gasteiger partial charge on any atom is 0.239 e. The third kappa shape index (κ3) is 6.31. The molecule has 29 heavy (non-hydrogen) atoms. The molecule has 6 nitrogen and oxygen atoms in total. The van der Waals surface area contributed by atoms with E-state index in [4.69, 9.17) is 4.99 Å². The monoisotopic (exact) mass is 513 g/mol. The molecule has 0 bridgehead atoms. The van der Waals surface area contributed by atoms with Gasteiger partial charge in [-0.2, -0.15) is 0 Å². The van der Waals surface area contributed by atoms with Gasteiger partial charge in [0.15, 0.2) is 5.96 Å². The van der Waals surface area contributed by atoms with Crippen molar-refractivity contribution >= 4 is 35.8 Å². The maximum absolute atomic E-state index is 12.3. The zero-order valence-corrected chi connectivity index (χ0v) is 20.4. The number of guanidine groups is 1. The summed E-state index contributed by atoms with van der Waals surface area (Å²) in [6.07, 6.45) is 4.15. The molecule has 7 heteroatoms. The molecule has 162 valence electrons. The summed E-state index contributed by atoms with van der Waals surface area (Å²) >= 11 is 0. The van der Waals surface area contributed by atoms with Gasteiger partial charge < -0.3 is 15.1 Å². The van der Waals surface area contributed by atoms with Crippen LogP contribution in [0, 0.1) is 0 Å². The minimum atomic E-state index is 0. The molecule has 0 aromatic heterocycles. The Hall–Kier alpha value is -1.35. The Bertz CT molecular complexity index is 694. The topological polar surface area (TPSA) is 51.2 Å². The number of nitrogens with one attached hydrogen (secondary N) is 1. The van der Waals surface area contributed by atoms with Crippen molar-refractivity contribution in [3.8, 4) is 0 Å². The average molecular weight is 513 g/mol. The number of fused-ring (bicyclic) bond motifs is 1. The zero-order chi connectivity index (χ0) is 19.9. The van der Waals surface area contributed by atoms with Crippen molar-refractivity contribution in [2.45, 2.75) is 45.2 Å². The zero-order valence-electron chi connectivity index (χ0n) is 18.1. The van der Waals surface area contributed by atoms with Gasteiger partial charge in [0, 0.05) is 46.8 Å². The van der Waals surface area contributed by atoms with Crippen LogP contribution >= 0.6 is 24.0 Å². The Labute approximate surface area is 192 Å². The fraction of sp³-hybridized carbons (Fsp3) is 0.636. The molecular weight excluding hydrogens is 477 g/mol. The Balaban J connectivity index is 0.00000300. The molecule has 0 radical (unpaired) electrons. The lowest BCUT2D eigenvalue weighted by Crippen LogP contribution is -2.44. The molecule has 1 aromatic carbocycles. The van der Waals surface area contributed by atoms with E-state index in [1.165, 1.54) is 11.1 Å². The van der Waals surface area contributed by atoms with Crippen molar-refractivity contribution in [3.05, 3.63) is 35.4 Å². The van der Waals surface area contributed by atoms with Crippen molar-refractivity contribution in [2.75, 3.05) is 46.8 Å². The van der Waals surface area contributed by atoms with Crippen LogP contribution in [-0.2, 0) is 17.8 Å². The van der Waals surface area contributed by atoms with E-state index in [0.717, 1.165) is 70.9 Å². The predicted octanol–water partition coefficient (Wildman–Crippen LogP) is 2.57. The third-order valence-corrected chi connectivity index (χ3v) is 5.72. The Morgan fingerprint density at radius 2 is 2.00 bits per heavy atom. The first kappa shape index (κ1) is 23.9. The fourth-order valence-corrected chi connectivity index (χ4v) is 4.23. The van der Waals surface area contributed by atoms with Gasteiger partial charge in [-0.1, -0.05) is 24.3 Å². The fourth-order valence-electron chi connectivity index (χ4n) is 4.23. The molecule has 3 rings (SSSR count). The van der Waals surface area contributed by atoms with Crippen molar-refractivity contribution in [3.63, 3.8) is 0 Å². The van der Waals surface area contributed by atoms with Gasteiger partial charge in [-0.3, -0.25) is 14.7 Å². The van der Waals surface area contributed by atoms with Crippen molar-refractivity contribution in [1.82, 2.24) is 20.0 Å². The molecule has 1 aromatic rings. The minimum Gasteiger partial charge on any atom is -0.357 e. The van der Waals surface area contributed by atoms with Crippen LogP contribution in [0.4, 0.5) is 0 Å². The van der Waals surface area contributed by atoms with Crippen molar-refractivity contribution in [2.24, 2.45) is 4.99 Å². The second-order valence-electron chi connectivity index (χ2n) is 7.96. The molecule has 1 unspecified atom stereocenters. The summed E-state index contributed by atoms with van der Waals surface area (Å²) in [5, 5.41) is 3.46. The van der Waals surface area contributed by atoms with Gasteiger partial charge in [0.1, 0.15) is 0 Å². The summed E-state index contributed by atoms with van der Waals surface area (Å²) in [6.45, 7) is 7.69. The molecule has 1 saturated heterocycles. The van der Waals surface area contributed by atoms with Crippen LogP contribution in [0.5, 0.6) is 0 Å². The van der Waals surface area contributed by atoms with Crippen molar-refractivity contribution < 1.29 is 4.79 Å². The quantitative estimate of drug-likeness (QED) is 0.275. The number of hydrogen-bond donors (Lipinski definition) is 1. The van der Waals surface area contributed by atoms with Gasteiger partial charge >= 0.3 is 0 Å². The normalized spacial score (nSPS) is 19.5. The molecule has 0 aliphatic carbocycles. The number of nitrogens with zero attached hydrogens (tertiary/aromatic N) is 4. The lowest BCUT2D eigenvalue weighted by molar-refractivity contribution is -0.133. The molecular formula is C22H36IN5O. The van der Waals surface area contributed by atoms with Gasteiger partial charge in [-0.05, 0) is 50.3 Å². The van der Waals surface area contributed by atoms with Crippen LogP contribution in [0.25, 0.3) is 0 Å². The molecule has 1 fully saturated rings. The van der Waals surface area contributed by atoms with Crippen LogP contribution in [0.1, 0.15) is 37.3 Å². The van der Waals surface area contributed by atoms with Gasteiger partial charge in [-0.25, -0.2) is 0 Å². The van der Waals surface area contributed by atoms with Crippen molar-refractivity contribution in [1.29, 1.82) is 0 Å². The van der Waals surface area contributed by atoms with Gasteiger partial charge in [0.2, 0.25) is 5.91 Å². The van der Waals surface area contributed by atoms with E-state index < -0.39 is 0 Å². The smallest absolute Gasteiger partial charge is 0.239 e. The van der Waals surface area contributed by atoms with E-state index in [-0.39, 0.29) is 35.9 Å². The summed E-state index contributed by atoms with van der Waals surface area (Å²) in [5.41, 5.74) is 2.86. The van der Waals surface area contributed by atoms with E-state index in [2.05, 4.69) is 46.3 Å². The highest BCUT2D eigenvalue weighted by Crippen LogP contribution is 2.20. The number of likely N-dealkylation sites (N-methyl/N-ethyl adjacent to an activating group) is 1. The van der Waals surface area contributed by atoms with Gasteiger partial charge in [0.05, 0.1) is 6.04 Å². The third-order valence-electron chi connectivity index (χ3n) is 5.72. The number of carbonyl (C=O) groups excluding carboxylic acids is 1. The van der Waals surface area contributed by atoms with Crippen LogP contribution in [-0.4, -0.2) is 79.4 Å². The molecule has 1 N–H and O–H groups in total. The summed E-state index contributed by atoms with van der Waals surface area (Å²) in [4.78, 5) is 23.6.